The summed E-state index contributed by atoms with van der Waals surface area (Å²) in [7, 11) is 1.63. The number of nitrogens with zero attached hydrogens (tertiary/aromatic N) is 4. The number of fused-ring (bicyclic) bond motifs is 3. The zero-order valence-electron chi connectivity index (χ0n) is 12.7. The molecule has 2 aromatic rings. The molecule has 1 aliphatic rings. The Kier molecular flexibility index (Phi) is 4.17. The first-order valence-corrected chi connectivity index (χ1v) is 7.33. The van der Waals surface area contributed by atoms with Gasteiger partial charge in [-0.3, -0.25) is 0 Å². The molecule has 1 aliphatic carbocycles. The van der Waals surface area contributed by atoms with Gasteiger partial charge in [-0.05, 0) is 16.7 Å². The highest BCUT2D eigenvalue weighted by molar-refractivity contribution is 5.79. The van der Waals surface area contributed by atoms with Crippen molar-refractivity contribution in [2.24, 2.45) is 5.11 Å². The van der Waals surface area contributed by atoms with Crippen molar-refractivity contribution >= 4 is 6.09 Å². The van der Waals surface area contributed by atoms with Gasteiger partial charge in [0, 0.05) is 36.2 Å². The first-order valence-electron chi connectivity index (χ1n) is 7.33. The van der Waals surface area contributed by atoms with Gasteiger partial charge in [0.15, 0.2) is 6.10 Å². The molecule has 0 saturated carbocycles. The van der Waals surface area contributed by atoms with Gasteiger partial charge in [-0.2, -0.15) is 0 Å². The third-order valence-electron chi connectivity index (χ3n) is 3.91. The molecular formula is C17H16N4O2. The van der Waals surface area contributed by atoms with Gasteiger partial charge in [-0.15, -0.1) is 0 Å². The number of rotatable bonds is 4. The molecule has 0 N–H and O–H groups in total. The van der Waals surface area contributed by atoms with Crippen molar-refractivity contribution in [1.82, 2.24) is 4.90 Å². The number of likely N-dealkylation sites (N-methyl/N-ethyl adjacent to an activating group) is 1. The van der Waals surface area contributed by atoms with E-state index in [2.05, 4.69) is 10.0 Å². The predicted molar refractivity (Wildman–Crippen MR) is 86.8 cm³/mol. The van der Waals surface area contributed by atoms with Crippen LogP contribution in [0.15, 0.2) is 53.6 Å². The third-order valence-corrected chi connectivity index (χ3v) is 3.91. The van der Waals surface area contributed by atoms with E-state index in [1.165, 1.54) is 4.90 Å². The maximum Gasteiger partial charge on any atom is 0.410 e. The highest BCUT2D eigenvalue weighted by atomic mass is 16.6. The average Bonchev–Trinajstić information content (AvgIpc) is 2.90. The molecule has 0 heterocycles. The molecule has 0 aromatic heterocycles. The summed E-state index contributed by atoms with van der Waals surface area (Å²) in [5, 5.41) is 3.43. The summed E-state index contributed by atoms with van der Waals surface area (Å²) in [6, 6.07) is 15.9. The Labute approximate surface area is 133 Å². The molecule has 23 heavy (non-hydrogen) atoms. The highest BCUT2D eigenvalue weighted by Gasteiger charge is 2.31. The fraction of sp³-hybridized carbons (Fsp3) is 0.235. The number of amides is 1. The molecule has 0 spiro atoms. The minimum atomic E-state index is -0.436. The summed E-state index contributed by atoms with van der Waals surface area (Å²) < 4.78 is 5.71. The summed E-state index contributed by atoms with van der Waals surface area (Å²) in [6.07, 6.45) is -0.841. The summed E-state index contributed by atoms with van der Waals surface area (Å²) in [6.45, 7) is 0.541. The van der Waals surface area contributed by atoms with Crippen LogP contribution in [0.5, 0.6) is 0 Å². The fourth-order valence-corrected chi connectivity index (χ4v) is 2.76. The molecule has 1 amide bonds. The number of hydrogen-bond acceptors (Lipinski definition) is 3. The van der Waals surface area contributed by atoms with E-state index in [-0.39, 0.29) is 6.54 Å². The number of carbonyl (C=O) groups excluding carboxylic acids is 1. The van der Waals surface area contributed by atoms with Crippen LogP contribution in [0.4, 0.5) is 4.79 Å². The van der Waals surface area contributed by atoms with Gasteiger partial charge >= 0.3 is 6.09 Å². The highest BCUT2D eigenvalue weighted by Crippen LogP contribution is 2.45. The van der Waals surface area contributed by atoms with Gasteiger partial charge in [0.05, 0.1) is 0 Å². The Balaban J connectivity index is 1.83. The summed E-state index contributed by atoms with van der Waals surface area (Å²) in [5.74, 6) is 0. The van der Waals surface area contributed by atoms with Crippen LogP contribution in [-0.4, -0.2) is 31.1 Å². The molecule has 0 unspecified atom stereocenters. The first kappa shape index (κ1) is 14.9. The Bertz CT molecular complexity index is 738. The Morgan fingerprint density at radius 2 is 1.74 bits per heavy atom. The Morgan fingerprint density at radius 1 is 1.17 bits per heavy atom. The normalized spacial score (nSPS) is 12.0. The zero-order valence-corrected chi connectivity index (χ0v) is 12.7. The van der Waals surface area contributed by atoms with Crippen molar-refractivity contribution in [3.63, 3.8) is 0 Å². The van der Waals surface area contributed by atoms with E-state index in [0.29, 0.717) is 6.54 Å². The van der Waals surface area contributed by atoms with Gasteiger partial charge < -0.3 is 9.64 Å². The molecule has 6 heteroatoms. The quantitative estimate of drug-likeness (QED) is 0.483. The van der Waals surface area contributed by atoms with E-state index in [1.807, 2.05) is 48.5 Å². The van der Waals surface area contributed by atoms with Gasteiger partial charge in [0.2, 0.25) is 0 Å². The Hall–Kier alpha value is -2.98. The Morgan fingerprint density at radius 3 is 2.30 bits per heavy atom. The van der Waals surface area contributed by atoms with E-state index in [1.54, 1.807) is 7.05 Å². The number of carbonyl (C=O) groups is 1. The summed E-state index contributed by atoms with van der Waals surface area (Å²) in [4.78, 5) is 16.4. The van der Waals surface area contributed by atoms with Gasteiger partial charge in [-0.25, -0.2) is 4.79 Å². The topological polar surface area (TPSA) is 78.3 Å². The lowest BCUT2D eigenvalue weighted by molar-refractivity contribution is 0.0870. The maximum absolute atomic E-state index is 12.3. The van der Waals surface area contributed by atoms with E-state index in [4.69, 9.17) is 10.3 Å². The van der Waals surface area contributed by atoms with Crippen LogP contribution in [0.2, 0.25) is 0 Å². The molecule has 0 bridgehead atoms. The van der Waals surface area contributed by atoms with E-state index in [0.717, 1.165) is 22.3 Å². The van der Waals surface area contributed by atoms with Crippen LogP contribution < -0.4 is 0 Å². The van der Waals surface area contributed by atoms with Crippen molar-refractivity contribution in [3.05, 3.63) is 70.1 Å². The van der Waals surface area contributed by atoms with Gasteiger partial charge in [0.1, 0.15) is 0 Å². The second kappa shape index (κ2) is 6.42. The number of hydrogen-bond donors (Lipinski definition) is 0. The van der Waals surface area contributed by atoms with E-state index in [9.17, 15) is 4.79 Å². The third kappa shape index (κ3) is 2.84. The van der Waals surface area contributed by atoms with Crippen molar-refractivity contribution in [2.75, 3.05) is 20.1 Å². The standard InChI is InChI=1S/C17H16N4O2/c1-21(11-10-19-20-18)17(22)23-16-14-8-4-2-6-12(14)13-7-3-5-9-15(13)16/h2-9,16H,10-11H2,1H3. The second-order valence-corrected chi connectivity index (χ2v) is 5.31. The molecule has 3 rings (SSSR count). The molecule has 2 aromatic carbocycles. The smallest absolute Gasteiger partial charge is 0.410 e. The van der Waals surface area contributed by atoms with Crippen molar-refractivity contribution in [2.45, 2.75) is 6.10 Å². The number of benzene rings is 2. The lowest BCUT2D eigenvalue weighted by Gasteiger charge is -2.20. The molecular weight excluding hydrogens is 292 g/mol. The van der Waals surface area contributed by atoms with Crippen LogP contribution >= 0.6 is 0 Å². The van der Waals surface area contributed by atoms with Crippen LogP contribution in [0.25, 0.3) is 21.6 Å². The lowest BCUT2D eigenvalue weighted by Crippen LogP contribution is -2.30. The van der Waals surface area contributed by atoms with Gasteiger partial charge in [0.25, 0.3) is 0 Å². The monoisotopic (exact) mass is 308 g/mol. The fourth-order valence-electron chi connectivity index (χ4n) is 2.76. The minimum absolute atomic E-state index is 0.222. The van der Waals surface area contributed by atoms with Crippen molar-refractivity contribution < 1.29 is 9.53 Å². The summed E-state index contributed by atoms with van der Waals surface area (Å²) in [5.41, 5.74) is 12.5. The molecule has 116 valence electrons. The average molecular weight is 308 g/mol. The molecule has 6 nitrogen and oxygen atoms in total. The molecule has 0 aliphatic heterocycles. The first-order chi connectivity index (χ1) is 11.2. The van der Waals surface area contributed by atoms with Crippen molar-refractivity contribution in [3.8, 4) is 11.1 Å². The SMILES string of the molecule is CN(CCN=[N+]=[N-])C(=O)OC1c2ccccc2-c2ccccc21. The molecule has 0 saturated heterocycles. The number of ether oxygens (including phenoxy) is 1. The van der Waals surface area contributed by atoms with Crippen LogP contribution in [-0.2, 0) is 4.74 Å². The second-order valence-electron chi connectivity index (χ2n) is 5.31. The maximum atomic E-state index is 12.3. The zero-order chi connectivity index (χ0) is 16.2. The summed E-state index contributed by atoms with van der Waals surface area (Å²) >= 11 is 0. The minimum Gasteiger partial charge on any atom is -0.436 e. The molecule has 0 fully saturated rings. The van der Waals surface area contributed by atoms with Crippen LogP contribution in [0, 0.1) is 0 Å². The van der Waals surface area contributed by atoms with E-state index >= 15 is 0 Å². The molecule has 0 radical (unpaired) electrons. The lowest BCUT2D eigenvalue weighted by atomic mass is 10.1. The van der Waals surface area contributed by atoms with Crippen LogP contribution in [0.1, 0.15) is 17.2 Å². The van der Waals surface area contributed by atoms with Crippen molar-refractivity contribution in [1.29, 1.82) is 0 Å². The number of azide groups is 1. The van der Waals surface area contributed by atoms with E-state index < -0.39 is 12.2 Å². The van der Waals surface area contributed by atoms with Crippen LogP contribution in [0.3, 0.4) is 0 Å². The largest absolute Gasteiger partial charge is 0.436 e. The predicted octanol–water partition coefficient (Wildman–Crippen LogP) is 4.14. The molecule has 0 atom stereocenters. The van der Waals surface area contributed by atoms with Gasteiger partial charge in [-0.1, -0.05) is 53.6 Å².